The second kappa shape index (κ2) is 8.94. The Morgan fingerprint density at radius 3 is 2.27 bits per heavy atom. The molecule has 0 unspecified atom stereocenters. The number of nitrogens with zero attached hydrogens (tertiary/aromatic N) is 1. The van der Waals surface area contributed by atoms with Gasteiger partial charge in [0, 0.05) is 35.5 Å². The van der Waals surface area contributed by atoms with Gasteiger partial charge in [0.05, 0.1) is 13.2 Å². The van der Waals surface area contributed by atoms with Crippen LogP contribution in [-0.4, -0.2) is 48.1 Å². The van der Waals surface area contributed by atoms with Crippen molar-refractivity contribution in [1.82, 2.24) is 4.90 Å². The number of ether oxygens (including phenoxy) is 2. The largest absolute Gasteiger partial charge is 0.487 e. The molecule has 0 radical (unpaired) electrons. The van der Waals surface area contributed by atoms with Crippen molar-refractivity contribution in [3.05, 3.63) is 53.6 Å². The minimum atomic E-state index is 0.0399. The van der Waals surface area contributed by atoms with Crippen LogP contribution in [-0.2, 0) is 16.9 Å². The second-order valence-electron chi connectivity index (χ2n) is 11.8. The van der Waals surface area contributed by atoms with Crippen molar-refractivity contribution in [2.75, 3.05) is 32.1 Å². The first-order valence-corrected chi connectivity index (χ1v) is 13.7. The van der Waals surface area contributed by atoms with Crippen molar-refractivity contribution < 1.29 is 9.47 Å². The summed E-state index contributed by atoms with van der Waals surface area (Å²) in [5.41, 5.74) is 6.04. The third-order valence-electron chi connectivity index (χ3n) is 7.77. The molecule has 0 aliphatic carbocycles. The number of fused-ring (bicyclic) bond motifs is 1. The molecule has 0 bridgehead atoms. The zero-order chi connectivity index (χ0) is 23.1. The molecule has 2 fully saturated rings. The van der Waals surface area contributed by atoms with Gasteiger partial charge in [-0.1, -0.05) is 37.3 Å². The third-order valence-corrected chi connectivity index (χ3v) is 9.21. The zero-order valence-electron chi connectivity index (χ0n) is 20.8. The Morgan fingerprint density at radius 1 is 0.939 bits per heavy atom. The molecule has 33 heavy (non-hydrogen) atoms. The molecular formula is C29H39NO2S. The molecule has 0 atom stereocenters. The fraction of sp³-hybridized carbons (Fsp3) is 0.586. The van der Waals surface area contributed by atoms with Gasteiger partial charge in [0.2, 0.25) is 0 Å². The SMILES string of the molecule is CC1(CSCc2ccc(-c3ccc4c(c3)CCC3(CCN(C(C)(C)C)CC3)O4)cc2)COC1. The topological polar surface area (TPSA) is 21.7 Å². The van der Waals surface area contributed by atoms with Gasteiger partial charge in [-0.3, -0.25) is 4.90 Å². The number of piperidine rings is 1. The minimum Gasteiger partial charge on any atom is -0.487 e. The van der Waals surface area contributed by atoms with Crippen LogP contribution >= 0.6 is 11.8 Å². The van der Waals surface area contributed by atoms with Crippen molar-refractivity contribution in [2.45, 2.75) is 70.3 Å². The highest BCUT2D eigenvalue weighted by atomic mass is 32.2. The molecule has 2 saturated heterocycles. The van der Waals surface area contributed by atoms with E-state index >= 15 is 0 Å². The molecule has 4 heteroatoms. The van der Waals surface area contributed by atoms with E-state index < -0.39 is 0 Å². The molecule has 178 valence electrons. The Morgan fingerprint density at radius 2 is 1.64 bits per heavy atom. The van der Waals surface area contributed by atoms with Crippen LogP contribution in [0, 0.1) is 5.41 Å². The summed E-state index contributed by atoms with van der Waals surface area (Å²) < 4.78 is 12.0. The van der Waals surface area contributed by atoms with E-state index in [1.165, 1.54) is 28.0 Å². The number of rotatable bonds is 5. The Labute approximate surface area is 204 Å². The Hall–Kier alpha value is -1.49. The minimum absolute atomic E-state index is 0.0399. The van der Waals surface area contributed by atoms with Gasteiger partial charge in [-0.15, -0.1) is 0 Å². The lowest BCUT2D eigenvalue weighted by molar-refractivity contribution is -0.0861. The summed E-state index contributed by atoms with van der Waals surface area (Å²) in [6, 6.07) is 15.9. The van der Waals surface area contributed by atoms with Crippen LogP contribution < -0.4 is 4.74 Å². The monoisotopic (exact) mass is 465 g/mol. The molecule has 3 aliphatic heterocycles. The summed E-state index contributed by atoms with van der Waals surface area (Å²) in [6.07, 6.45) is 4.53. The quantitative estimate of drug-likeness (QED) is 0.497. The van der Waals surface area contributed by atoms with Gasteiger partial charge < -0.3 is 9.47 Å². The summed E-state index contributed by atoms with van der Waals surface area (Å²) in [4.78, 5) is 2.60. The van der Waals surface area contributed by atoms with Crippen molar-refractivity contribution in [1.29, 1.82) is 0 Å². The molecule has 3 nitrogen and oxygen atoms in total. The summed E-state index contributed by atoms with van der Waals surface area (Å²) in [6.45, 7) is 13.4. The molecule has 0 amide bonds. The first kappa shape index (κ1) is 23.3. The predicted octanol–water partition coefficient (Wildman–Crippen LogP) is 6.58. The normalized spacial score (nSPS) is 21.8. The van der Waals surface area contributed by atoms with E-state index in [4.69, 9.17) is 9.47 Å². The molecular weight excluding hydrogens is 426 g/mol. The van der Waals surface area contributed by atoms with Crippen LogP contribution in [0.25, 0.3) is 11.1 Å². The molecule has 2 aromatic carbocycles. The van der Waals surface area contributed by atoms with Gasteiger partial charge >= 0.3 is 0 Å². The van der Waals surface area contributed by atoms with Crippen LogP contribution in [0.2, 0.25) is 0 Å². The predicted molar refractivity (Wildman–Crippen MR) is 139 cm³/mol. The van der Waals surface area contributed by atoms with Crippen LogP contribution in [0.4, 0.5) is 0 Å². The van der Waals surface area contributed by atoms with E-state index in [0.717, 1.165) is 63.5 Å². The molecule has 3 heterocycles. The van der Waals surface area contributed by atoms with Crippen molar-refractivity contribution in [3.63, 3.8) is 0 Å². The average Bonchev–Trinajstić information content (AvgIpc) is 2.78. The highest BCUT2D eigenvalue weighted by molar-refractivity contribution is 7.98. The molecule has 3 aliphatic rings. The number of benzene rings is 2. The third kappa shape index (κ3) is 5.13. The molecule has 0 saturated carbocycles. The van der Waals surface area contributed by atoms with Crippen molar-refractivity contribution >= 4 is 11.8 Å². The number of likely N-dealkylation sites (tertiary alicyclic amines) is 1. The Kier molecular flexibility index (Phi) is 6.30. The fourth-order valence-electron chi connectivity index (χ4n) is 5.38. The van der Waals surface area contributed by atoms with Gasteiger partial charge in [-0.05, 0) is 80.8 Å². The van der Waals surface area contributed by atoms with E-state index in [1.807, 2.05) is 11.8 Å². The highest BCUT2D eigenvalue weighted by Crippen LogP contribution is 2.41. The standard InChI is InChI=1S/C29H39NO2S/c1-27(2,3)30-15-13-29(14-16-30)12-11-25-17-24(9-10-26(25)32-29)23-7-5-22(6-8-23)18-33-21-28(4)19-31-20-28/h5-10,17H,11-16,18-21H2,1-4H3. The van der Waals surface area contributed by atoms with E-state index in [0.29, 0.717) is 5.41 Å². The van der Waals surface area contributed by atoms with Gasteiger partial charge in [0.15, 0.2) is 0 Å². The van der Waals surface area contributed by atoms with E-state index in [9.17, 15) is 0 Å². The molecule has 0 N–H and O–H groups in total. The maximum absolute atomic E-state index is 6.68. The lowest BCUT2D eigenvalue weighted by Crippen LogP contribution is -2.54. The molecule has 5 rings (SSSR count). The van der Waals surface area contributed by atoms with Gasteiger partial charge in [-0.2, -0.15) is 11.8 Å². The number of thioether (sulfide) groups is 1. The Balaban J connectivity index is 1.20. The van der Waals surface area contributed by atoms with E-state index in [1.54, 1.807) is 0 Å². The first-order valence-electron chi connectivity index (χ1n) is 12.6. The molecule has 2 aromatic rings. The average molecular weight is 466 g/mol. The van der Waals surface area contributed by atoms with Crippen LogP contribution in [0.3, 0.4) is 0 Å². The summed E-state index contributed by atoms with van der Waals surface area (Å²) >= 11 is 2.02. The van der Waals surface area contributed by atoms with Gasteiger partial charge in [0.25, 0.3) is 0 Å². The van der Waals surface area contributed by atoms with Gasteiger partial charge in [0.1, 0.15) is 11.4 Å². The van der Waals surface area contributed by atoms with Gasteiger partial charge in [-0.25, -0.2) is 0 Å². The van der Waals surface area contributed by atoms with Crippen LogP contribution in [0.5, 0.6) is 5.75 Å². The van der Waals surface area contributed by atoms with E-state index in [2.05, 4.69) is 75.1 Å². The second-order valence-corrected chi connectivity index (χ2v) is 12.7. The maximum Gasteiger partial charge on any atom is 0.123 e. The number of hydrogen-bond acceptors (Lipinski definition) is 4. The highest BCUT2D eigenvalue weighted by Gasteiger charge is 2.41. The molecule has 1 spiro atoms. The Bertz CT molecular complexity index is 966. The molecule has 0 aromatic heterocycles. The maximum atomic E-state index is 6.68. The number of hydrogen-bond donors (Lipinski definition) is 0. The van der Waals surface area contributed by atoms with Crippen molar-refractivity contribution in [3.8, 4) is 16.9 Å². The lowest BCUT2D eigenvalue weighted by Gasteiger charge is -2.48. The summed E-state index contributed by atoms with van der Waals surface area (Å²) in [7, 11) is 0. The zero-order valence-corrected chi connectivity index (χ0v) is 21.6. The summed E-state index contributed by atoms with van der Waals surface area (Å²) in [5.74, 6) is 3.36. The number of aryl methyl sites for hydroxylation is 1. The fourth-order valence-corrected chi connectivity index (χ4v) is 6.57. The van der Waals surface area contributed by atoms with Crippen LogP contribution in [0.1, 0.15) is 58.1 Å². The first-order chi connectivity index (χ1) is 15.7. The smallest absolute Gasteiger partial charge is 0.123 e. The van der Waals surface area contributed by atoms with Crippen LogP contribution in [0.15, 0.2) is 42.5 Å². The summed E-state index contributed by atoms with van der Waals surface area (Å²) in [5, 5.41) is 0. The van der Waals surface area contributed by atoms with E-state index in [-0.39, 0.29) is 11.1 Å². The lowest BCUT2D eigenvalue weighted by atomic mass is 9.81. The van der Waals surface area contributed by atoms with Crippen molar-refractivity contribution in [2.24, 2.45) is 5.41 Å².